The Labute approximate surface area is 157 Å². The molecule has 1 fully saturated rings. The fourth-order valence-corrected chi connectivity index (χ4v) is 3.61. The normalized spacial score (nSPS) is 14.1. The maximum Gasteiger partial charge on any atom is 0.416 e. The number of hydrogen-bond acceptors (Lipinski definition) is 5. The van der Waals surface area contributed by atoms with Crippen molar-refractivity contribution in [1.82, 2.24) is 4.98 Å². The molecule has 0 N–H and O–H groups in total. The van der Waals surface area contributed by atoms with Crippen molar-refractivity contribution in [3.05, 3.63) is 46.0 Å². The minimum atomic E-state index is -4.53. The summed E-state index contributed by atoms with van der Waals surface area (Å²) in [4.78, 5) is 30.9. The van der Waals surface area contributed by atoms with E-state index in [1.54, 1.807) is 13.8 Å². The Morgan fingerprint density at radius 3 is 2.63 bits per heavy atom. The Kier molecular flexibility index (Phi) is 5.23. The first-order valence-corrected chi connectivity index (χ1v) is 9.19. The molecule has 1 aliphatic rings. The number of alkyl halides is 3. The van der Waals surface area contributed by atoms with Gasteiger partial charge in [-0.15, -0.1) is 0 Å². The Morgan fingerprint density at radius 2 is 2.04 bits per heavy atom. The number of nitrogens with zero attached hydrogens (tertiary/aromatic N) is 2. The number of hydrogen-bond donors (Lipinski definition) is 0. The molecule has 3 rings (SSSR count). The van der Waals surface area contributed by atoms with Crippen LogP contribution in [0.2, 0.25) is 0 Å². The molecule has 1 aromatic heterocycles. The number of esters is 1. The van der Waals surface area contributed by atoms with E-state index in [1.807, 2.05) is 0 Å². The molecule has 2 aromatic rings. The van der Waals surface area contributed by atoms with Crippen molar-refractivity contribution < 1.29 is 27.5 Å². The summed E-state index contributed by atoms with van der Waals surface area (Å²) in [6, 6.07) is 4.18. The van der Waals surface area contributed by atoms with E-state index in [0.29, 0.717) is 10.8 Å². The quantitative estimate of drug-likeness (QED) is 0.698. The average molecular weight is 398 g/mol. The van der Waals surface area contributed by atoms with Gasteiger partial charge in [-0.3, -0.25) is 9.69 Å². The van der Waals surface area contributed by atoms with E-state index < -0.39 is 23.6 Å². The van der Waals surface area contributed by atoms with Crippen molar-refractivity contribution in [2.75, 3.05) is 11.5 Å². The van der Waals surface area contributed by atoms with E-state index in [4.69, 9.17) is 4.74 Å². The third-order valence-electron chi connectivity index (χ3n) is 4.02. The largest absolute Gasteiger partial charge is 0.462 e. The first-order chi connectivity index (χ1) is 12.7. The van der Waals surface area contributed by atoms with Crippen LogP contribution >= 0.6 is 11.3 Å². The summed E-state index contributed by atoms with van der Waals surface area (Å²) in [5.74, 6) is -1.09. The molecule has 5 nitrogen and oxygen atoms in total. The lowest BCUT2D eigenvalue weighted by atomic mass is 10.1. The van der Waals surface area contributed by atoms with E-state index in [0.717, 1.165) is 36.3 Å². The van der Waals surface area contributed by atoms with Gasteiger partial charge in [-0.25, -0.2) is 9.78 Å². The molecule has 0 spiro atoms. The summed E-state index contributed by atoms with van der Waals surface area (Å²) in [7, 11) is 0. The van der Waals surface area contributed by atoms with Crippen LogP contribution in [0, 0.1) is 6.92 Å². The minimum Gasteiger partial charge on any atom is -0.462 e. The van der Waals surface area contributed by atoms with Crippen LogP contribution in [0.4, 0.5) is 18.3 Å². The van der Waals surface area contributed by atoms with Gasteiger partial charge in [0.1, 0.15) is 4.88 Å². The molecule has 0 saturated heterocycles. The highest BCUT2D eigenvalue weighted by molar-refractivity contribution is 7.17. The lowest BCUT2D eigenvalue weighted by Crippen LogP contribution is -2.33. The van der Waals surface area contributed by atoms with Gasteiger partial charge >= 0.3 is 12.1 Å². The fraction of sp³-hybridized carbons (Fsp3) is 0.389. The molecule has 0 aliphatic heterocycles. The van der Waals surface area contributed by atoms with Crippen LogP contribution in [0.3, 0.4) is 0 Å². The van der Waals surface area contributed by atoms with Crippen LogP contribution in [-0.2, 0) is 10.9 Å². The van der Waals surface area contributed by atoms with Gasteiger partial charge in [-0.2, -0.15) is 13.2 Å². The number of rotatable bonds is 5. The second-order valence-corrected chi connectivity index (χ2v) is 7.09. The molecule has 1 aliphatic carbocycles. The maximum atomic E-state index is 13.0. The number of carbonyl (C=O) groups excluding carboxylic acids is 2. The first-order valence-electron chi connectivity index (χ1n) is 8.37. The van der Waals surface area contributed by atoms with Crippen LogP contribution in [-0.4, -0.2) is 29.5 Å². The Balaban J connectivity index is 1.94. The van der Waals surface area contributed by atoms with Crippen molar-refractivity contribution in [3.63, 3.8) is 0 Å². The van der Waals surface area contributed by atoms with E-state index in [9.17, 15) is 22.8 Å². The van der Waals surface area contributed by atoms with Crippen LogP contribution in [0.15, 0.2) is 24.3 Å². The van der Waals surface area contributed by atoms with Gasteiger partial charge in [0.15, 0.2) is 5.13 Å². The SMILES string of the molecule is CCOC(=O)c1sc(N(C(=O)c2cccc(C(F)(F)F)c2)C2CC2)nc1C. The summed E-state index contributed by atoms with van der Waals surface area (Å²) in [5, 5.41) is 0.292. The molecule has 0 radical (unpaired) electrons. The fourth-order valence-electron chi connectivity index (χ4n) is 2.58. The molecule has 1 saturated carbocycles. The van der Waals surface area contributed by atoms with E-state index in [1.165, 1.54) is 17.0 Å². The molecule has 0 unspecified atom stereocenters. The number of carbonyl (C=O) groups is 2. The second-order valence-electron chi connectivity index (χ2n) is 6.12. The molecule has 144 valence electrons. The number of halogens is 3. The molecule has 0 atom stereocenters. The van der Waals surface area contributed by atoms with Crippen molar-refractivity contribution in [2.45, 2.75) is 38.9 Å². The number of benzene rings is 1. The maximum absolute atomic E-state index is 13.0. The van der Waals surface area contributed by atoms with Gasteiger partial charge in [0.25, 0.3) is 5.91 Å². The molecular weight excluding hydrogens is 381 g/mol. The van der Waals surface area contributed by atoms with Crippen molar-refractivity contribution in [2.24, 2.45) is 0 Å². The monoisotopic (exact) mass is 398 g/mol. The number of ether oxygens (including phenoxy) is 1. The zero-order chi connectivity index (χ0) is 19.8. The summed E-state index contributed by atoms with van der Waals surface area (Å²) in [6.45, 7) is 3.52. The third kappa shape index (κ3) is 4.13. The molecule has 1 heterocycles. The lowest BCUT2D eigenvalue weighted by Gasteiger charge is -2.20. The van der Waals surface area contributed by atoms with Gasteiger partial charge in [0, 0.05) is 11.6 Å². The third-order valence-corrected chi connectivity index (χ3v) is 5.16. The van der Waals surface area contributed by atoms with E-state index in [-0.39, 0.29) is 23.1 Å². The molecule has 1 aromatic carbocycles. The van der Waals surface area contributed by atoms with Gasteiger partial charge < -0.3 is 4.74 Å². The van der Waals surface area contributed by atoms with E-state index >= 15 is 0 Å². The molecular formula is C18H17F3N2O3S. The van der Waals surface area contributed by atoms with E-state index in [2.05, 4.69) is 4.98 Å². The van der Waals surface area contributed by atoms with Crippen molar-refractivity contribution in [3.8, 4) is 0 Å². The number of anilines is 1. The predicted octanol–water partition coefficient (Wildman–Crippen LogP) is 4.46. The summed E-state index contributed by atoms with van der Waals surface area (Å²) >= 11 is 1.01. The van der Waals surface area contributed by atoms with Crippen molar-refractivity contribution >= 4 is 28.3 Å². The number of aromatic nitrogens is 1. The van der Waals surface area contributed by atoms with Crippen LogP contribution in [0.5, 0.6) is 0 Å². The number of thiazole rings is 1. The Hall–Kier alpha value is -2.42. The highest BCUT2D eigenvalue weighted by atomic mass is 32.1. The molecule has 9 heteroatoms. The first kappa shape index (κ1) is 19.3. The Morgan fingerprint density at radius 1 is 1.33 bits per heavy atom. The summed E-state index contributed by atoms with van der Waals surface area (Å²) in [6.07, 6.45) is -3.06. The van der Waals surface area contributed by atoms with Crippen LogP contribution in [0.25, 0.3) is 0 Å². The van der Waals surface area contributed by atoms with Gasteiger partial charge in [0.05, 0.1) is 17.9 Å². The predicted molar refractivity (Wildman–Crippen MR) is 94.1 cm³/mol. The zero-order valence-corrected chi connectivity index (χ0v) is 15.5. The van der Waals surface area contributed by atoms with Crippen molar-refractivity contribution in [1.29, 1.82) is 0 Å². The number of amides is 1. The standard InChI is InChI=1S/C18H17F3N2O3S/c1-3-26-16(25)14-10(2)22-17(27-14)23(13-7-8-13)15(24)11-5-4-6-12(9-11)18(19,20)21/h4-6,9,13H,3,7-8H2,1-2H3. The molecule has 0 bridgehead atoms. The second kappa shape index (κ2) is 7.30. The highest BCUT2D eigenvalue weighted by Crippen LogP contribution is 2.37. The highest BCUT2D eigenvalue weighted by Gasteiger charge is 2.38. The topological polar surface area (TPSA) is 59.5 Å². The van der Waals surface area contributed by atoms with Crippen LogP contribution in [0.1, 0.15) is 51.1 Å². The van der Waals surface area contributed by atoms with Gasteiger partial charge in [0.2, 0.25) is 0 Å². The zero-order valence-electron chi connectivity index (χ0n) is 14.7. The molecule has 1 amide bonds. The Bertz CT molecular complexity index is 875. The minimum absolute atomic E-state index is 0.0673. The smallest absolute Gasteiger partial charge is 0.416 e. The average Bonchev–Trinajstić information content (AvgIpc) is 3.36. The van der Waals surface area contributed by atoms with Gasteiger partial charge in [-0.05, 0) is 44.9 Å². The summed E-state index contributed by atoms with van der Waals surface area (Å²) in [5.41, 5.74) is -0.523. The molecule has 27 heavy (non-hydrogen) atoms. The van der Waals surface area contributed by atoms with Crippen LogP contribution < -0.4 is 4.90 Å². The van der Waals surface area contributed by atoms with Gasteiger partial charge in [-0.1, -0.05) is 17.4 Å². The summed E-state index contributed by atoms with van der Waals surface area (Å²) < 4.78 is 43.9. The lowest BCUT2D eigenvalue weighted by molar-refractivity contribution is -0.137. The number of aryl methyl sites for hydroxylation is 1.